The van der Waals surface area contributed by atoms with Gasteiger partial charge in [-0.3, -0.25) is 0 Å². The molecule has 22 heavy (non-hydrogen) atoms. The largest absolute Gasteiger partial charge is 0.221 e. The Morgan fingerprint density at radius 1 is 1.32 bits per heavy atom. The third kappa shape index (κ3) is 1.41. The van der Waals surface area contributed by atoms with Gasteiger partial charge in [0, 0.05) is 5.39 Å². The van der Waals surface area contributed by atoms with Crippen LogP contribution in [0.25, 0.3) is 15.9 Å². The van der Waals surface area contributed by atoms with Crippen molar-refractivity contribution in [3.05, 3.63) is 41.7 Å². The molecule has 1 atom stereocenters. The first kappa shape index (κ1) is 12.4. The summed E-state index contributed by atoms with van der Waals surface area (Å²) in [5, 5.41) is 16.3. The molecule has 0 saturated heterocycles. The highest BCUT2D eigenvalue weighted by molar-refractivity contribution is 7.08. The fraction of sp³-hybridized carbons (Fsp3) is 0.353. The zero-order valence-electron chi connectivity index (χ0n) is 12.2. The molecule has 5 heteroatoms. The third-order valence-corrected chi connectivity index (χ3v) is 6.17. The molecule has 0 radical (unpaired) electrons. The number of fused-ring (bicyclic) bond motifs is 1. The summed E-state index contributed by atoms with van der Waals surface area (Å²) in [6.07, 6.45) is 5.31. The van der Waals surface area contributed by atoms with E-state index in [0.717, 1.165) is 33.6 Å². The normalized spacial score (nSPS) is 24.5. The van der Waals surface area contributed by atoms with Crippen LogP contribution in [0.1, 0.15) is 30.5 Å². The predicted molar refractivity (Wildman–Crippen MR) is 85.1 cm³/mol. The van der Waals surface area contributed by atoms with E-state index in [0.29, 0.717) is 5.41 Å². The lowest BCUT2D eigenvalue weighted by atomic mass is 9.93. The molecular weight excluding hydrogens is 292 g/mol. The smallest absolute Gasteiger partial charge is 0.138 e. The van der Waals surface area contributed by atoms with Crippen LogP contribution >= 0.6 is 11.5 Å². The second kappa shape index (κ2) is 3.76. The van der Waals surface area contributed by atoms with Crippen LogP contribution in [0, 0.1) is 23.7 Å². The Kier molecular flexibility index (Phi) is 2.12. The van der Waals surface area contributed by atoms with E-state index < -0.39 is 0 Å². The summed E-state index contributed by atoms with van der Waals surface area (Å²) in [4.78, 5) is 0. The van der Waals surface area contributed by atoms with Crippen molar-refractivity contribution in [2.75, 3.05) is 0 Å². The topological polar surface area (TPSA) is 54.5 Å². The number of nitrogens with zero attached hydrogens (tertiary/aromatic N) is 4. The van der Waals surface area contributed by atoms with E-state index in [1.54, 1.807) is 0 Å². The lowest BCUT2D eigenvalue weighted by Gasteiger charge is -2.09. The van der Waals surface area contributed by atoms with Crippen molar-refractivity contribution < 1.29 is 0 Å². The maximum absolute atomic E-state index is 9.72. The summed E-state index contributed by atoms with van der Waals surface area (Å²) < 4.78 is 6.28. The van der Waals surface area contributed by atoms with Gasteiger partial charge < -0.3 is 0 Å². The first-order chi connectivity index (χ1) is 10.7. The van der Waals surface area contributed by atoms with Gasteiger partial charge in [0.1, 0.15) is 5.00 Å². The Labute approximate surface area is 132 Å². The molecule has 0 unspecified atom stereocenters. The number of rotatable bonds is 2. The molecule has 2 saturated carbocycles. The molecule has 1 spiro atoms. The van der Waals surface area contributed by atoms with Gasteiger partial charge in [-0.05, 0) is 60.8 Å². The summed E-state index contributed by atoms with van der Waals surface area (Å²) >= 11 is 1.45. The van der Waals surface area contributed by atoms with Crippen molar-refractivity contribution in [1.29, 1.82) is 5.26 Å². The molecule has 0 bridgehead atoms. The van der Waals surface area contributed by atoms with E-state index in [2.05, 4.69) is 33.7 Å². The number of nitriles is 1. The number of aromatic nitrogens is 3. The molecular formula is C17H14N4S. The molecule has 2 aliphatic rings. The van der Waals surface area contributed by atoms with Gasteiger partial charge in [0.05, 0.1) is 28.9 Å². The lowest BCUT2D eigenvalue weighted by Crippen LogP contribution is -2.07. The highest BCUT2D eigenvalue weighted by atomic mass is 32.1. The minimum Gasteiger partial charge on any atom is -0.221 e. The van der Waals surface area contributed by atoms with E-state index in [4.69, 9.17) is 0 Å². The second-order valence-electron chi connectivity index (χ2n) is 6.61. The summed E-state index contributed by atoms with van der Waals surface area (Å²) in [5.41, 5.74) is 3.27. The minimum absolute atomic E-state index is 0.250. The van der Waals surface area contributed by atoms with Crippen molar-refractivity contribution >= 4 is 22.4 Å². The van der Waals surface area contributed by atoms with E-state index in [1.165, 1.54) is 24.4 Å². The molecule has 4 nitrogen and oxygen atoms in total. The summed E-state index contributed by atoms with van der Waals surface area (Å²) in [6.45, 7) is 1.99. The highest BCUT2D eigenvalue weighted by Gasteiger charge is 2.75. The molecule has 1 aromatic carbocycles. The lowest BCUT2D eigenvalue weighted by molar-refractivity contribution is 0.738. The van der Waals surface area contributed by atoms with Crippen LogP contribution in [0.5, 0.6) is 0 Å². The van der Waals surface area contributed by atoms with Crippen molar-refractivity contribution in [2.45, 2.75) is 31.6 Å². The van der Waals surface area contributed by atoms with Crippen LogP contribution in [0.3, 0.4) is 0 Å². The van der Waals surface area contributed by atoms with Crippen molar-refractivity contribution in [1.82, 2.24) is 14.2 Å². The third-order valence-electron chi connectivity index (χ3n) is 5.32. The summed E-state index contributed by atoms with van der Waals surface area (Å²) in [5.74, 6) is 0. The first-order valence-electron chi connectivity index (χ1n) is 7.51. The van der Waals surface area contributed by atoms with Gasteiger partial charge in [0.25, 0.3) is 0 Å². The van der Waals surface area contributed by atoms with Gasteiger partial charge in [-0.1, -0.05) is 12.1 Å². The minimum atomic E-state index is -0.250. The number of aryl methyl sites for hydroxylation is 1. The number of hydrogen-bond acceptors (Lipinski definition) is 4. The maximum Gasteiger partial charge on any atom is 0.138 e. The van der Waals surface area contributed by atoms with Crippen LogP contribution in [0.15, 0.2) is 30.5 Å². The molecule has 5 rings (SSSR count). The van der Waals surface area contributed by atoms with E-state index in [-0.39, 0.29) is 5.41 Å². The zero-order valence-corrected chi connectivity index (χ0v) is 13.0. The van der Waals surface area contributed by atoms with Crippen LogP contribution < -0.4 is 0 Å². The molecule has 0 amide bonds. The Morgan fingerprint density at radius 3 is 2.82 bits per heavy atom. The molecule has 108 valence electrons. The van der Waals surface area contributed by atoms with Gasteiger partial charge in [-0.2, -0.15) is 14.7 Å². The van der Waals surface area contributed by atoms with Crippen LogP contribution in [-0.2, 0) is 5.41 Å². The Balaban J connectivity index is 1.69. The average molecular weight is 306 g/mol. The van der Waals surface area contributed by atoms with Crippen molar-refractivity contribution in [3.8, 4) is 11.1 Å². The highest BCUT2D eigenvalue weighted by Crippen LogP contribution is 2.78. The molecule has 2 aromatic heterocycles. The Bertz CT molecular complexity index is 957. The zero-order chi connectivity index (χ0) is 14.9. The average Bonchev–Trinajstić information content (AvgIpc) is 3.32. The molecule has 2 heterocycles. The van der Waals surface area contributed by atoms with E-state index in [9.17, 15) is 5.26 Å². The van der Waals surface area contributed by atoms with E-state index >= 15 is 0 Å². The number of benzene rings is 1. The van der Waals surface area contributed by atoms with Gasteiger partial charge >= 0.3 is 0 Å². The second-order valence-corrected chi connectivity index (χ2v) is 7.39. The Hall–Kier alpha value is -2.19. The molecule has 0 N–H and O–H groups in total. The Morgan fingerprint density at radius 2 is 2.18 bits per heavy atom. The van der Waals surface area contributed by atoms with E-state index in [1.807, 2.05) is 23.9 Å². The monoisotopic (exact) mass is 306 g/mol. The van der Waals surface area contributed by atoms with Gasteiger partial charge in [0.15, 0.2) is 0 Å². The van der Waals surface area contributed by atoms with Crippen LogP contribution in [-0.4, -0.2) is 14.2 Å². The van der Waals surface area contributed by atoms with Crippen LogP contribution in [0.2, 0.25) is 0 Å². The molecule has 2 aliphatic carbocycles. The summed E-state index contributed by atoms with van der Waals surface area (Å²) in [6, 6.07) is 11.0. The van der Waals surface area contributed by atoms with Gasteiger partial charge in [0.2, 0.25) is 0 Å². The van der Waals surface area contributed by atoms with Crippen molar-refractivity contribution in [2.24, 2.45) is 5.41 Å². The molecule has 2 fully saturated rings. The van der Waals surface area contributed by atoms with Crippen molar-refractivity contribution in [3.63, 3.8) is 0 Å². The fourth-order valence-corrected chi connectivity index (χ4v) is 4.49. The predicted octanol–water partition coefficient (Wildman–Crippen LogP) is 3.74. The van der Waals surface area contributed by atoms with Gasteiger partial charge in [-0.25, -0.2) is 4.68 Å². The quantitative estimate of drug-likeness (QED) is 0.725. The maximum atomic E-state index is 9.72. The molecule has 0 aliphatic heterocycles. The summed E-state index contributed by atoms with van der Waals surface area (Å²) in [7, 11) is 0. The SMILES string of the molecule is Cc1cc(-n2ncc3ccc([C@@]4(C#N)CC45CC5)cc32)sn1. The molecule has 3 aromatic rings. The van der Waals surface area contributed by atoms with Crippen LogP contribution in [0.4, 0.5) is 0 Å². The standard InChI is InChI=1S/C17H14N4S/c1-11-6-15(22-20-11)21-14-7-13(3-2-12(14)8-19-21)17(10-18)9-16(17)4-5-16/h2-3,6-8H,4-5,9H2,1H3/t17-/m0/s1. The first-order valence-corrected chi connectivity index (χ1v) is 8.28. The van der Waals surface area contributed by atoms with Gasteiger partial charge in [-0.15, -0.1) is 0 Å². The number of hydrogen-bond donors (Lipinski definition) is 0. The fourth-order valence-electron chi connectivity index (χ4n) is 3.76.